The molecule has 1 nitrogen and oxygen atoms in total. The molecule has 0 bridgehead atoms. The first-order valence-electron chi connectivity index (χ1n) is 25.4. The molecular weight excluding hydrogens is 843 g/mol. The monoisotopic (exact) mass is 903 g/mol. The third-order valence-electron chi connectivity index (χ3n) is 17.0. The summed E-state index contributed by atoms with van der Waals surface area (Å²) in [6.07, 6.45) is 0. The Balaban J connectivity index is 1.06. The summed E-state index contributed by atoms with van der Waals surface area (Å²) in [6, 6.07) is 72.9. The number of nitrogens with zero attached hydrogens (tertiary/aromatic N) is 1. The standard InChI is InChI=1S/C69H61N/c1-65(2,3)43-29-35-60-55(38-43)56-39-44(66(4,5)6)30-36-61(56)69(60)59-28-16-13-22-50(59)53-34-32-47(41-63(53)69)70(46-31-33-52-49-21-11-14-26-57(49)67(7,8)62(52)40-46)45-20-17-19-42(37-45)48-24-18-25-54-51-23-12-15-27-58(51)68(9,10)64(48)54/h11-41H,1-10H3. The Hall–Kier alpha value is -7.22. The lowest BCUT2D eigenvalue weighted by molar-refractivity contribution is 0.589. The molecule has 0 aliphatic heterocycles. The van der Waals surface area contributed by atoms with Gasteiger partial charge < -0.3 is 4.90 Å². The van der Waals surface area contributed by atoms with Crippen LogP contribution in [-0.2, 0) is 27.1 Å². The second kappa shape index (κ2) is 14.4. The number of benzene rings is 9. The molecule has 0 N–H and O–H groups in total. The largest absolute Gasteiger partial charge is 0.310 e. The molecule has 0 radical (unpaired) electrons. The molecule has 4 aliphatic rings. The van der Waals surface area contributed by atoms with Crippen LogP contribution in [0.5, 0.6) is 0 Å². The van der Waals surface area contributed by atoms with Gasteiger partial charge in [0.15, 0.2) is 0 Å². The predicted octanol–water partition coefficient (Wildman–Crippen LogP) is 18.4. The zero-order chi connectivity index (χ0) is 48.3. The van der Waals surface area contributed by atoms with Crippen molar-refractivity contribution >= 4 is 17.1 Å². The van der Waals surface area contributed by atoms with Gasteiger partial charge in [0, 0.05) is 27.9 Å². The summed E-state index contributed by atoms with van der Waals surface area (Å²) in [5.74, 6) is 0. The summed E-state index contributed by atoms with van der Waals surface area (Å²) in [5.41, 5.74) is 29.6. The molecule has 1 spiro atoms. The molecule has 342 valence electrons. The first-order chi connectivity index (χ1) is 33.5. The molecule has 4 aliphatic carbocycles. The molecule has 0 amide bonds. The van der Waals surface area contributed by atoms with Gasteiger partial charge in [0.25, 0.3) is 0 Å². The highest BCUT2D eigenvalue weighted by atomic mass is 15.1. The zero-order valence-corrected chi connectivity index (χ0v) is 42.3. The molecule has 9 aromatic carbocycles. The van der Waals surface area contributed by atoms with Crippen LogP contribution in [0.2, 0.25) is 0 Å². The summed E-state index contributed by atoms with van der Waals surface area (Å²) in [5, 5.41) is 0. The van der Waals surface area contributed by atoms with E-state index in [0.717, 1.165) is 17.1 Å². The van der Waals surface area contributed by atoms with Crippen molar-refractivity contribution in [2.45, 2.75) is 96.3 Å². The van der Waals surface area contributed by atoms with Crippen LogP contribution in [0.1, 0.15) is 125 Å². The minimum Gasteiger partial charge on any atom is -0.310 e. The van der Waals surface area contributed by atoms with Crippen molar-refractivity contribution in [2.24, 2.45) is 0 Å². The number of anilines is 3. The molecule has 0 unspecified atom stereocenters. The summed E-state index contributed by atoms with van der Waals surface area (Å²) >= 11 is 0. The summed E-state index contributed by atoms with van der Waals surface area (Å²) < 4.78 is 0. The molecule has 70 heavy (non-hydrogen) atoms. The van der Waals surface area contributed by atoms with E-state index in [2.05, 4.69) is 262 Å². The van der Waals surface area contributed by atoms with Crippen molar-refractivity contribution < 1.29 is 0 Å². The minimum atomic E-state index is -0.500. The Bertz CT molecular complexity index is 3630. The second-order valence-electron chi connectivity index (χ2n) is 23.7. The van der Waals surface area contributed by atoms with E-state index in [0.29, 0.717) is 0 Å². The Kier molecular flexibility index (Phi) is 8.83. The van der Waals surface area contributed by atoms with Gasteiger partial charge in [-0.3, -0.25) is 0 Å². The summed E-state index contributed by atoms with van der Waals surface area (Å²) in [7, 11) is 0. The molecule has 0 heterocycles. The lowest BCUT2D eigenvalue weighted by Gasteiger charge is -2.33. The fourth-order valence-corrected chi connectivity index (χ4v) is 13.4. The van der Waals surface area contributed by atoms with Crippen molar-refractivity contribution in [2.75, 3.05) is 4.90 Å². The van der Waals surface area contributed by atoms with Gasteiger partial charge in [0.2, 0.25) is 0 Å². The van der Waals surface area contributed by atoms with Crippen molar-refractivity contribution in [1.82, 2.24) is 0 Å². The molecule has 0 fully saturated rings. The molecule has 9 aromatic rings. The lowest BCUT2D eigenvalue weighted by Crippen LogP contribution is -2.26. The predicted molar refractivity (Wildman–Crippen MR) is 295 cm³/mol. The number of rotatable bonds is 4. The highest BCUT2D eigenvalue weighted by molar-refractivity contribution is 5.98. The van der Waals surface area contributed by atoms with Crippen LogP contribution >= 0.6 is 0 Å². The van der Waals surface area contributed by atoms with Gasteiger partial charge in [-0.25, -0.2) is 0 Å². The molecule has 0 aromatic heterocycles. The Labute approximate surface area is 415 Å². The van der Waals surface area contributed by atoms with E-state index in [1.165, 1.54) is 111 Å². The summed E-state index contributed by atoms with van der Waals surface area (Å²) in [6.45, 7) is 23.6. The van der Waals surface area contributed by atoms with E-state index >= 15 is 0 Å². The zero-order valence-electron chi connectivity index (χ0n) is 42.3. The van der Waals surface area contributed by atoms with Gasteiger partial charge in [0.1, 0.15) is 0 Å². The Morgan fingerprint density at radius 3 is 1.33 bits per heavy atom. The fourth-order valence-electron chi connectivity index (χ4n) is 13.4. The van der Waals surface area contributed by atoms with E-state index in [1.54, 1.807) is 0 Å². The van der Waals surface area contributed by atoms with E-state index in [9.17, 15) is 0 Å². The maximum Gasteiger partial charge on any atom is 0.0726 e. The minimum absolute atomic E-state index is 0.00559. The van der Waals surface area contributed by atoms with E-state index in [-0.39, 0.29) is 21.7 Å². The fraction of sp³-hybridized carbons (Fsp3) is 0.217. The molecule has 1 heteroatoms. The number of hydrogen-bond acceptors (Lipinski definition) is 1. The third-order valence-corrected chi connectivity index (χ3v) is 17.0. The normalized spacial score (nSPS) is 15.6. The van der Waals surface area contributed by atoms with Crippen LogP contribution in [0.4, 0.5) is 17.1 Å². The molecule has 13 rings (SSSR count). The quantitative estimate of drug-likeness (QED) is 0.170. The topological polar surface area (TPSA) is 3.24 Å². The van der Waals surface area contributed by atoms with Crippen LogP contribution in [0.3, 0.4) is 0 Å². The maximum absolute atomic E-state index is 2.56. The number of hydrogen-bond donors (Lipinski definition) is 0. The first-order valence-corrected chi connectivity index (χ1v) is 25.4. The van der Waals surface area contributed by atoms with Gasteiger partial charge in [-0.15, -0.1) is 0 Å². The van der Waals surface area contributed by atoms with Crippen molar-refractivity contribution in [1.29, 1.82) is 0 Å². The van der Waals surface area contributed by atoms with Gasteiger partial charge in [-0.2, -0.15) is 0 Å². The lowest BCUT2D eigenvalue weighted by atomic mass is 9.70. The Morgan fingerprint density at radius 1 is 0.300 bits per heavy atom. The van der Waals surface area contributed by atoms with Gasteiger partial charge in [0.05, 0.1) is 5.41 Å². The van der Waals surface area contributed by atoms with Crippen LogP contribution < -0.4 is 4.90 Å². The number of fused-ring (bicyclic) bond motifs is 16. The first kappa shape index (κ1) is 42.8. The molecule has 0 atom stereocenters. The Morgan fingerprint density at radius 2 is 0.729 bits per heavy atom. The van der Waals surface area contributed by atoms with Crippen molar-refractivity contribution in [3.05, 3.63) is 244 Å². The van der Waals surface area contributed by atoms with E-state index < -0.39 is 5.41 Å². The molecular formula is C69H61N. The molecule has 0 saturated heterocycles. The van der Waals surface area contributed by atoms with Crippen LogP contribution in [0.25, 0.3) is 55.6 Å². The molecule has 0 saturated carbocycles. The van der Waals surface area contributed by atoms with Gasteiger partial charge in [-0.05, 0) is 158 Å². The van der Waals surface area contributed by atoms with Crippen LogP contribution in [0.15, 0.2) is 188 Å². The summed E-state index contributed by atoms with van der Waals surface area (Å²) in [4.78, 5) is 2.55. The van der Waals surface area contributed by atoms with E-state index in [4.69, 9.17) is 0 Å². The van der Waals surface area contributed by atoms with Crippen LogP contribution in [-0.4, -0.2) is 0 Å². The highest BCUT2D eigenvalue weighted by Gasteiger charge is 2.52. The van der Waals surface area contributed by atoms with Gasteiger partial charge >= 0.3 is 0 Å². The average molecular weight is 904 g/mol. The average Bonchev–Trinajstić information content (AvgIpc) is 3.98. The van der Waals surface area contributed by atoms with Crippen molar-refractivity contribution in [3.63, 3.8) is 0 Å². The SMILES string of the molecule is CC(C)(C)c1ccc2c(c1)-c1cc(C(C)(C)C)ccc1C21c2ccccc2-c2ccc(N(c3cccc(-c4cccc5c4C(C)(C)c4ccccc4-5)c3)c3ccc4c(c3)C(C)(C)c3ccccc3-4)cc21. The van der Waals surface area contributed by atoms with E-state index in [1.807, 2.05) is 0 Å². The maximum atomic E-state index is 2.56. The third kappa shape index (κ3) is 5.78. The van der Waals surface area contributed by atoms with Crippen LogP contribution in [0, 0.1) is 0 Å². The van der Waals surface area contributed by atoms with Crippen molar-refractivity contribution in [3.8, 4) is 55.6 Å². The van der Waals surface area contributed by atoms with Gasteiger partial charge in [-0.1, -0.05) is 221 Å². The smallest absolute Gasteiger partial charge is 0.0726 e. The highest BCUT2D eigenvalue weighted by Crippen LogP contribution is 2.64. The second-order valence-corrected chi connectivity index (χ2v) is 23.7.